The molecule has 0 bridgehead atoms. The van der Waals surface area contributed by atoms with E-state index in [1.165, 1.54) is 6.07 Å². The fraction of sp³-hybridized carbons (Fsp3) is 0.200. The third kappa shape index (κ3) is 4.10. The lowest BCUT2D eigenvalue weighted by Gasteiger charge is -2.06. The molecule has 2 N–H and O–H groups in total. The quantitative estimate of drug-likeness (QED) is 0.509. The van der Waals surface area contributed by atoms with Crippen molar-refractivity contribution in [2.45, 2.75) is 20.4 Å². The first-order valence-electron chi connectivity index (χ1n) is 6.45. The zero-order chi connectivity index (χ0) is 15.2. The number of benzene rings is 1. The van der Waals surface area contributed by atoms with E-state index in [4.69, 9.17) is 5.21 Å². The third-order valence-corrected chi connectivity index (χ3v) is 2.82. The first-order valence-corrected chi connectivity index (χ1v) is 6.45. The number of hydrogen-bond acceptors (Lipinski definition) is 5. The molecule has 6 nitrogen and oxygen atoms in total. The highest BCUT2D eigenvalue weighted by atomic mass is 16.4. The number of nitrogens with one attached hydrogen (secondary N) is 1. The Morgan fingerprint density at radius 3 is 2.86 bits per heavy atom. The summed E-state index contributed by atoms with van der Waals surface area (Å²) in [7, 11) is 0. The molecule has 6 heteroatoms. The van der Waals surface area contributed by atoms with Crippen LogP contribution in [-0.4, -0.2) is 27.3 Å². The molecule has 21 heavy (non-hydrogen) atoms. The molecule has 1 aromatic heterocycles. The molecule has 1 amide bonds. The Morgan fingerprint density at radius 2 is 2.14 bits per heavy atom. The Morgan fingerprint density at radius 1 is 1.33 bits per heavy atom. The number of aromatic nitrogens is 2. The van der Waals surface area contributed by atoms with E-state index in [1.54, 1.807) is 6.92 Å². The van der Waals surface area contributed by atoms with Crippen molar-refractivity contribution in [2.75, 3.05) is 0 Å². The molecule has 0 aliphatic carbocycles. The van der Waals surface area contributed by atoms with Gasteiger partial charge in [-0.1, -0.05) is 35.0 Å². The van der Waals surface area contributed by atoms with Gasteiger partial charge < -0.3 is 10.5 Å². The van der Waals surface area contributed by atoms with Crippen LogP contribution in [0.2, 0.25) is 0 Å². The zero-order valence-electron chi connectivity index (χ0n) is 11.9. The molecule has 0 saturated heterocycles. The minimum Gasteiger partial charge on any atom is -0.411 e. The van der Waals surface area contributed by atoms with Gasteiger partial charge in [-0.25, -0.2) is 9.97 Å². The molecular weight excluding hydrogens is 268 g/mol. The second-order valence-corrected chi connectivity index (χ2v) is 4.64. The minimum atomic E-state index is -0.297. The molecule has 108 valence electrons. The summed E-state index contributed by atoms with van der Waals surface area (Å²) >= 11 is 0. The SMILES string of the molecule is Cc1cccc(CNC(=O)c2cc(/C=N/O)nc(C)n2)c1. The molecule has 0 saturated carbocycles. The van der Waals surface area contributed by atoms with Gasteiger partial charge in [-0.3, -0.25) is 4.79 Å². The minimum absolute atomic E-state index is 0.241. The summed E-state index contributed by atoms with van der Waals surface area (Å²) < 4.78 is 0. The van der Waals surface area contributed by atoms with Gasteiger partial charge in [0.1, 0.15) is 11.5 Å². The van der Waals surface area contributed by atoms with Crippen molar-refractivity contribution < 1.29 is 10.0 Å². The van der Waals surface area contributed by atoms with Crippen LogP contribution in [0.5, 0.6) is 0 Å². The topological polar surface area (TPSA) is 87.5 Å². The summed E-state index contributed by atoms with van der Waals surface area (Å²) in [6.07, 6.45) is 1.16. The molecule has 1 aromatic carbocycles. The molecule has 0 spiro atoms. The number of carbonyl (C=O) groups excluding carboxylic acids is 1. The summed E-state index contributed by atoms with van der Waals surface area (Å²) in [5.41, 5.74) is 2.78. The van der Waals surface area contributed by atoms with E-state index in [0.29, 0.717) is 18.1 Å². The van der Waals surface area contributed by atoms with E-state index in [0.717, 1.165) is 17.3 Å². The number of amides is 1. The van der Waals surface area contributed by atoms with Gasteiger partial charge in [-0.05, 0) is 25.5 Å². The van der Waals surface area contributed by atoms with E-state index in [1.807, 2.05) is 31.2 Å². The van der Waals surface area contributed by atoms with Crippen molar-refractivity contribution in [1.82, 2.24) is 15.3 Å². The third-order valence-electron chi connectivity index (χ3n) is 2.82. The van der Waals surface area contributed by atoms with E-state index >= 15 is 0 Å². The second-order valence-electron chi connectivity index (χ2n) is 4.64. The number of aryl methyl sites for hydroxylation is 2. The van der Waals surface area contributed by atoms with E-state index in [9.17, 15) is 4.79 Å². The fourth-order valence-electron chi connectivity index (χ4n) is 1.93. The van der Waals surface area contributed by atoms with Crippen molar-refractivity contribution >= 4 is 12.1 Å². The van der Waals surface area contributed by atoms with Crippen molar-refractivity contribution in [1.29, 1.82) is 0 Å². The van der Waals surface area contributed by atoms with Crippen LogP contribution in [0.15, 0.2) is 35.5 Å². The zero-order valence-corrected chi connectivity index (χ0v) is 11.9. The maximum Gasteiger partial charge on any atom is 0.270 e. The fourth-order valence-corrected chi connectivity index (χ4v) is 1.93. The van der Waals surface area contributed by atoms with Gasteiger partial charge in [0.2, 0.25) is 0 Å². The number of nitrogens with zero attached hydrogens (tertiary/aromatic N) is 3. The molecule has 0 unspecified atom stereocenters. The van der Waals surface area contributed by atoms with Crippen LogP contribution in [-0.2, 0) is 6.54 Å². The molecule has 0 atom stereocenters. The lowest BCUT2D eigenvalue weighted by molar-refractivity contribution is 0.0945. The van der Waals surface area contributed by atoms with Crippen molar-refractivity contribution in [2.24, 2.45) is 5.16 Å². The highest BCUT2D eigenvalue weighted by Gasteiger charge is 2.09. The maximum atomic E-state index is 12.1. The largest absolute Gasteiger partial charge is 0.411 e. The summed E-state index contributed by atoms with van der Waals surface area (Å²) in [4.78, 5) is 20.2. The van der Waals surface area contributed by atoms with E-state index < -0.39 is 0 Å². The smallest absolute Gasteiger partial charge is 0.270 e. The molecule has 2 aromatic rings. The van der Waals surface area contributed by atoms with Gasteiger partial charge in [0, 0.05) is 6.54 Å². The Kier molecular flexibility index (Phi) is 4.61. The predicted octanol–water partition coefficient (Wildman–Crippen LogP) is 1.83. The molecule has 2 rings (SSSR count). The average molecular weight is 284 g/mol. The summed E-state index contributed by atoms with van der Waals surface area (Å²) in [6.45, 7) is 4.10. The Hall–Kier alpha value is -2.76. The van der Waals surface area contributed by atoms with Crippen LogP contribution >= 0.6 is 0 Å². The van der Waals surface area contributed by atoms with Gasteiger partial charge in [-0.2, -0.15) is 0 Å². The predicted molar refractivity (Wildman–Crippen MR) is 78.5 cm³/mol. The number of hydrogen-bond donors (Lipinski definition) is 2. The summed E-state index contributed by atoms with van der Waals surface area (Å²) in [5.74, 6) is 0.141. The molecule has 1 heterocycles. The molecule has 0 aliphatic heterocycles. The summed E-state index contributed by atoms with van der Waals surface area (Å²) in [6, 6.07) is 9.37. The van der Waals surface area contributed by atoms with Crippen molar-refractivity contribution in [3.63, 3.8) is 0 Å². The monoisotopic (exact) mass is 284 g/mol. The van der Waals surface area contributed by atoms with Crippen molar-refractivity contribution in [3.05, 3.63) is 58.7 Å². The lowest BCUT2D eigenvalue weighted by atomic mass is 10.1. The Bertz CT molecular complexity index is 683. The van der Waals surface area contributed by atoms with Crippen LogP contribution in [0.25, 0.3) is 0 Å². The van der Waals surface area contributed by atoms with Gasteiger partial charge >= 0.3 is 0 Å². The first-order chi connectivity index (χ1) is 10.1. The standard InChI is InChI=1S/C15H16N4O2/c1-10-4-3-5-12(6-10)8-16-15(20)14-7-13(9-17-21)18-11(2)19-14/h3-7,9,21H,8H2,1-2H3,(H,16,20)/b17-9+. The van der Waals surface area contributed by atoms with Gasteiger partial charge in [-0.15, -0.1) is 0 Å². The maximum absolute atomic E-state index is 12.1. The molecule has 0 aliphatic rings. The highest BCUT2D eigenvalue weighted by molar-refractivity contribution is 5.93. The van der Waals surface area contributed by atoms with Crippen LogP contribution in [0.1, 0.15) is 33.1 Å². The van der Waals surface area contributed by atoms with Crippen LogP contribution < -0.4 is 5.32 Å². The van der Waals surface area contributed by atoms with E-state index in [-0.39, 0.29) is 11.6 Å². The van der Waals surface area contributed by atoms with Crippen LogP contribution in [0.3, 0.4) is 0 Å². The number of rotatable bonds is 4. The normalized spacial score (nSPS) is 10.8. The molecule has 0 fully saturated rings. The lowest BCUT2D eigenvalue weighted by Crippen LogP contribution is -2.24. The summed E-state index contributed by atoms with van der Waals surface area (Å²) in [5, 5.41) is 14.2. The number of oxime groups is 1. The highest BCUT2D eigenvalue weighted by Crippen LogP contribution is 2.05. The van der Waals surface area contributed by atoms with Crippen LogP contribution in [0.4, 0.5) is 0 Å². The Balaban J connectivity index is 2.10. The van der Waals surface area contributed by atoms with Gasteiger partial charge in [0.05, 0.1) is 11.9 Å². The Labute approximate surface area is 122 Å². The number of carbonyl (C=O) groups is 1. The average Bonchev–Trinajstić information content (AvgIpc) is 2.44. The van der Waals surface area contributed by atoms with Crippen LogP contribution in [0, 0.1) is 13.8 Å². The van der Waals surface area contributed by atoms with Gasteiger partial charge in [0.15, 0.2) is 0 Å². The second kappa shape index (κ2) is 6.60. The van der Waals surface area contributed by atoms with E-state index in [2.05, 4.69) is 20.4 Å². The molecule has 0 radical (unpaired) electrons. The van der Waals surface area contributed by atoms with Crippen molar-refractivity contribution in [3.8, 4) is 0 Å². The first kappa shape index (κ1) is 14.6. The molecular formula is C15H16N4O2. The van der Waals surface area contributed by atoms with Gasteiger partial charge in [0.25, 0.3) is 5.91 Å².